The summed E-state index contributed by atoms with van der Waals surface area (Å²) >= 11 is 0. The first kappa shape index (κ1) is 12.3. The third-order valence-electron chi connectivity index (χ3n) is 2.71. The second-order valence-electron chi connectivity index (χ2n) is 4.23. The molecule has 20 heavy (non-hydrogen) atoms. The second kappa shape index (κ2) is 5.48. The number of rotatable bonds is 4. The molecule has 0 aliphatic heterocycles. The smallest absolute Gasteiger partial charge is 0.247 e. The number of aryl methyl sites for hydroxylation is 1. The Morgan fingerprint density at radius 1 is 1.10 bits per heavy atom. The van der Waals surface area contributed by atoms with Gasteiger partial charge in [0, 0.05) is 24.9 Å². The van der Waals surface area contributed by atoms with E-state index in [1.54, 1.807) is 19.3 Å². The molecule has 3 aromatic rings. The molecular weight excluding hydrogens is 254 g/mol. The van der Waals surface area contributed by atoms with E-state index >= 15 is 0 Å². The molecule has 0 radical (unpaired) electrons. The van der Waals surface area contributed by atoms with Crippen LogP contribution >= 0.6 is 0 Å². The molecule has 0 spiro atoms. The van der Waals surface area contributed by atoms with Crippen LogP contribution in [0, 0.1) is 6.92 Å². The van der Waals surface area contributed by atoms with Crippen molar-refractivity contribution in [3.05, 3.63) is 54.3 Å². The summed E-state index contributed by atoms with van der Waals surface area (Å²) in [5, 5.41) is 11.0. The van der Waals surface area contributed by atoms with Crippen LogP contribution in [-0.4, -0.2) is 20.2 Å². The van der Waals surface area contributed by atoms with E-state index in [1.165, 1.54) is 0 Å². The van der Waals surface area contributed by atoms with Gasteiger partial charge in [0.05, 0.1) is 12.2 Å². The summed E-state index contributed by atoms with van der Waals surface area (Å²) in [6.07, 6.45) is 3.47. The minimum Gasteiger partial charge on any atom is -0.421 e. The van der Waals surface area contributed by atoms with E-state index in [1.807, 2.05) is 30.3 Å². The van der Waals surface area contributed by atoms with Crippen LogP contribution in [0.2, 0.25) is 0 Å². The summed E-state index contributed by atoms with van der Waals surface area (Å²) in [7, 11) is 0. The first-order valence-corrected chi connectivity index (χ1v) is 6.21. The van der Waals surface area contributed by atoms with Crippen LogP contribution in [0.4, 0.5) is 5.82 Å². The van der Waals surface area contributed by atoms with Gasteiger partial charge in [-0.3, -0.25) is 4.98 Å². The minimum absolute atomic E-state index is 0.491. The van der Waals surface area contributed by atoms with E-state index in [-0.39, 0.29) is 0 Å². The monoisotopic (exact) mass is 267 g/mol. The average molecular weight is 267 g/mol. The summed E-state index contributed by atoms with van der Waals surface area (Å²) < 4.78 is 5.40. The molecule has 6 heteroatoms. The van der Waals surface area contributed by atoms with E-state index in [2.05, 4.69) is 25.5 Å². The number of hydrogen-bond acceptors (Lipinski definition) is 6. The van der Waals surface area contributed by atoms with Gasteiger partial charge in [-0.1, -0.05) is 6.07 Å². The highest BCUT2D eigenvalue weighted by Gasteiger charge is 2.07. The molecule has 0 saturated carbocycles. The fourth-order valence-electron chi connectivity index (χ4n) is 1.76. The largest absolute Gasteiger partial charge is 0.421 e. The second-order valence-corrected chi connectivity index (χ2v) is 4.23. The molecule has 0 aliphatic carbocycles. The van der Waals surface area contributed by atoms with Crippen molar-refractivity contribution in [2.75, 3.05) is 5.32 Å². The van der Waals surface area contributed by atoms with E-state index in [9.17, 15) is 0 Å². The lowest BCUT2D eigenvalue weighted by Gasteiger charge is -2.05. The number of nitrogens with one attached hydrogen (secondary N) is 1. The van der Waals surface area contributed by atoms with Crippen LogP contribution in [0.15, 0.2) is 47.1 Å². The van der Waals surface area contributed by atoms with E-state index in [4.69, 9.17) is 4.42 Å². The Balaban J connectivity index is 1.75. The van der Waals surface area contributed by atoms with E-state index < -0.39 is 0 Å². The molecule has 0 amide bonds. The number of aromatic nitrogens is 4. The maximum Gasteiger partial charge on any atom is 0.247 e. The van der Waals surface area contributed by atoms with Crippen molar-refractivity contribution in [2.45, 2.75) is 13.5 Å². The SMILES string of the molecule is Cc1nnc(-c2ccnc(NCc3ccccn3)c2)o1. The van der Waals surface area contributed by atoms with Crippen molar-refractivity contribution in [3.63, 3.8) is 0 Å². The lowest BCUT2D eigenvalue weighted by Crippen LogP contribution is -2.02. The molecule has 0 bridgehead atoms. The summed E-state index contributed by atoms with van der Waals surface area (Å²) in [6, 6.07) is 9.50. The summed E-state index contributed by atoms with van der Waals surface area (Å²) in [6.45, 7) is 2.37. The lowest BCUT2D eigenvalue weighted by atomic mass is 10.2. The molecule has 0 aromatic carbocycles. The Bertz CT molecular complexity index is 696. The highest BCUT2D eigenvalue weighted by atomic mass is 16.4. The van der Waals surface area contributed by atoms with Gasteiger partial charge in [-0.25, -0.2) is 4.98 Å². The van der Waals surface area contributed by atoms with Gasteiger partial charge >= 0.3 is 0 Å². The maximum atomic E-state index is 5.40. The summed E-state index contributed by atoms with van der Waals surface area (Å²) in [4.78, 5) is 8.50. The molecule has 1 N–H and O–H groups in total. The summed E-state index contributed by atoms with van der Waals surface area (Å²) in [5.41, 5.74) is 1.79. The molecule has 3 aromatic heterocycles. The predicted molar refractivity (Wildman–Crippen MR) is 73.8 cm³/mol. The molecule has 3 rings (SSSR count). The number of anilines is 1. The molecular formula is C14H13N5O. The van der Waals surface area contributed by atoms with Crippen molar-refractivity contribution in [3.8, 4) is 11.5 Å². The molecule has 0 fully saturated rings. The van der Waals surface area contributed by atoms with Crippen LogP contribution in [0.3, 0.4) is 0 Å². The van der Waals surface area contributed by atoms with Crippen molar-refractivity contribution in [1.82, 2.24) is 20.2 Å². The maximum absolute atomic E-state index is 5.40. The van der Waals surface area contributed by atoms with Gasteiger partial charge in [0.1, 0.15) is 5.82 Å². The Hall–Kier alpha value is -2.76. The van der Waals surface area contributed by atoms with Gasteiger partial charge in [0.15, 0.2) is 0 Å². The lowest BCUT2D eigenvalue weighted by molar-refractivity contribution is 0.532. The zero-order valence-corrected chi connectivity index (χ0v) is 10.9. The van der Waals surface area contributed by atoms with Gasteiger partial charge < -0.3 is 9.73 Å². The predicted octanol–water partition coefficient (Wildman–Crippen LogP) is 2.45. The third-order valence-corrected chi connectivity index (χ3v) is 2.71. The Morgan fingerprint density at radius 2 is 2.05 bits per heavy atom. The fraction of sp³-hybridized carbons (Fsp3) is 0.143. The highest BCUT2D eigenvalue weighted by Crippen LogP contribution is 2.19. The van der Waals surface area contributed by atoms with Gasteiger partial charge in [-0.2, -0.15) is 0 Å². The molecule has 6 nitrogen and oxygen atoms in total. The number of hydrogen-bond donors (Lipinski definition) is 1. The van der Waals surface area contributed by atoms with Crippen LogP contribution in [0.5, 0.6) is 0 Å². The van der Waals surface area contributed by atoms with Crippen molar-refractivity contribution in [1.29, 1.82) is 0 Å². The average Bonchev–Trinajstić information content (AvgIpc) is 2.93. The van der Waals surface area contributed by atoms with Gasteiger partial charge in [-0.05, 0) is 24.3 Å². The molecule has 3 heterocycles. The minimum atomic E-state index is 0.491. The number of nitrogens with zero attached hydrogens (tertiary/aromatic N) is 4. The zero-order valence-electron chi connectivity index (χ0n) is 10.9. The van der Waals surface area contributed by atoms with Gasteiger partial charge in [0.25, 0.3) is 0 Å². The van der Waals surface area contributed by atoms with Crippen molar-refractivity contribution >= 4 is 5.82 Å². The first-order valence-electron chi connectivity index (χ1n) is 6.21. The van der Waals surface area contributed by atoms with E-state index in [0.29, 0.717) is 18.3 Å². The topological polar surface area (TPSA) is 76.7 Å². The van der Waals surface area contributed by atoms with Gasteiger partial charge in [0.2, 0.25) is 11.8 Å². The van der Waals surface area contributed by atoms with Gasteiger partial charge in [-0.15, -0.1) is 10.2 Å². The Morgan fingerprint density at radius 3 is 2.80 bits per heavy atom. The van der Waals surface area contributed by atoms with Crippen LogP contribution in [0.25, 0.3) is 11.5 Å². The Kier molecular flexibility index (Phi) is 3.36. The fourth-order valence-corrected chi connectivity index (χ4v) is 1.76. The highest BCUT2D eigenvalue weighted by molar-refractivity contribution is 5.57. The summed E-state index contributed by atoms with van der Waals surface area (Å²) in [5.74, 6) is 1.77. The third kappa shape index (κ3) is 2.80. The molecule has 100 valence electrons. The van der Waals surface area contributed by atoms with E-state index in [0.717, 1.165) is 17.1 Å². The van der Waals surface area contributed by atoms with Crippen LogP contribution in [-0.2, 0) is 6.54 Å². The zero-order chi connectivity index (χ0) is 13.8. The Labute approximate surface area is 115 Å². The van der Waals surface area contributed by atoms with Crippen LogP contribution in [0.1, 0.15) is 11.6 Å². The molecule has 0 aliphatic rings. The molecule has 0 saturated heterocycles. The van der Waals surface area contributed by atoms with Crippen molar-refractivity contribution < 1.29 is 4.42 Å². The first-order chi connectivity index (χ1) is 9.81. The number of pyridine rings is 2. The quantitative estimate of drug-likeness (QED) is 0.782. The molecule has 0 atom stereocenters. The van der Waals surface area contributed by atoms with Crippen LogP contribution < -0.4 is 5.32 Å². The normalized spacial score (nSPS) is 10.4. The van der Waals surface area contributed by atoms with Crippen molar-refractivity contribution in [2.24, 2.45) is 0 Å². The standard InChI is InChI=1S/C14H13N5O/c1-10-18-19-14(20-10)11-5-7-16-13(8-11)17-9-12-4-2-3-6-15-12/h2-8H,9H2,1H3,(H,16,17). The molecule has 0 unspecified atom stereocenters.